The fraction of sp³-hybridized carbons (Fsp3) is 0.353. The Morgan fingerprint density at radius 2 is 1.90 bits per heavy atom. The van der Waals surface area contributed by atoms with E-state index in [9.17, 15) is 5.11 Å². The molecule has 0 radical (unpaired) electrons. The molecule has 2 aromatic rings. The second kappa shape index (κ2) is 7.83. The summed E-state index contributed by atoms with van der Waals surface area (Å²) in [5.74, 6) is 0.905. The molecule has 21 heavy (non-hydrogen) atoms. The summed E-state index contributed by atoms with van der Waals surface area (Å²) >= 11 is 7.50. The average Bonchev–Trinajstić information content (AvgIpc) is 2.53. The molecule has 112 valence electrons. The van der Waals surface area contributed by atoms with Crippen LogP contribution in [0.4, 0.5) is 0 Å². The highest BCUT2D eigenvalue weighted by molar-refractivity contribution is 8.00. The molecular weight excluding hydrogens is 302 g/mol. The standard InChI is InChI=1S/C17H20ClNOS/c1-2-3-4-12-21-17(20,15-6-5-11-19-13-15)14-7-9-16(18)10-8-14/h5-11,13,20H,2-4,12H2,1H3. The smallest absolute Gasteiger partial charge is 0.163 e. The minimum Gasteiger partial charge on any atom is -0.371 e. The van der Waals surface area contributed by atoms with Crippen LogP contribution in [-0.4, -0.2) is 15.8 Å². The van der Waals surface area contributed by atoms with Crippen LogP contribution in [0.3, 0.4) is 0 Å². The molecule has 0 fully saturated rings. The van der Waals surface area contributed by atoms with Gasteiger partial charge < -0.3 is 5.11 Å². The second-order valence-electron chi connectivity index (χ2n) is 4.95. The number of aromatic nitrogens is 1. The molecule has 1 N–H and O–H groups in total. The number of nitrogens with zero attached hydrogens (tertiary/aromatic N) is 1. The van der Waals surface area contributed by atoms with Crippen LogP contribution in [0.2, 0.25) is 5.02 Å². The molecule has 0 aliphatic heterocycles. The molecule has 1 aromatic carbocycles. The van der Waals surface area contributed by atoms with Gasteiger partial charge in [0, 0.05) is 23.0 Å². The summed E-state index contributed by atoms with van der Waals surface area (Å²) in [6, 6.07) is 11.1. The number of unbranched alkanes of at least 4 members (excludes halogenated alkanes) is 2. The summed E-state index contributed by atoms with van der Waals surface area (Å²) in [6.07, 6.45) is 6.88. The van der Waals surface area contributed by atoms with Gasteiger partial charge in [-0.05, 0) is 35.9 Å². The molecule has 4 heteroatoms. The Labute approximate surface area is 135 Å². The molecule has 1 aromatic heterocycles. The summed E-state index contributed by atoms with van der Waals surface area (Å²) in [4.78, 5) is 3.06. The van der Waals surface area contributed by atoms with Gasteiger partial charge in [0.2, 0.25) is 0 Å². The van der Waals surface area contributed by atoms with Gasteiger partial charge in [0.25, 0.3) is 0 Å². The number of aliphatic hydroxyl groups is 1. The van der Waals surface area contributed by atoms with E-state index in [1.165, 1.54) is 12.8 Å². The lowest BCUT2D eigenvalue weighted by molar-refractivity contribution is 0.181. The Kier molecular flexibility index (Phi) is 6.09. The van der Waals surface area contributed by atoms with E-state index in [1.54, 1.807) is 24.2 Å². The number of hydrogen-bond acceptors (Lipinski definition) is 3. The van der Waals surface area contributed by atoms with Gasteiger partial charge in [-0.2, -0.15) is 0 Å². The Hall–Kier alpha value is -1.03. The van der Waals surface area contributed by atoms with Crippen LogP contribution in [-0.2, 0) is 4.93 Å². The van der Waals surface area contributed by atoms with Crippen molar-refractivity contribution in [3.05, 3.63) is 64.9 Å². The van der Waals surface area contributed by atoms with Crippen LogP contribution in [0.25, 0.3) is 0 Å². The third-order valence-corrected chi connectivity index (χ3v) is 4.98. The maximum Gasteiger partial charge on any atom is 0.163 e. The number of benzene rings is 1. The lowest BCUT2D eigenvalue weighted by atomic mass is 10.0. The van der Waals surface area contributed by atoms with Crippen LogP contribution < -0.4 is 0 Å². The summed E-state index contributed by atoms with van der Waals surface area (Å²) in [7, 11) is 0. The van der Waals surface area contributed by atoms with Crippen molar-refractivity contribution in [2.24, 2.45) is 0 Å². The maximum absolute atomic E-state index is 11.2. The van der Waals surface area contributed by atoms with Crippen LogP contribution in [0, 0.1) is 0 Å². The highest BCUT2D eigenvalue weighted by atomic mass is 35.5. The topological polar surface area (TPSA) is 33.1 Å². The van der Waals surface area contributed by atoms with Gasteiger partial charge in [-0.15, -0.1) is 11.8 Å². The molecule has 0 saturated heterocycles. The third-order valence-electron chi connectivity index (χ3n) is 3.35. The quantitative estimate of drug-likeness (QED) is 0.584. The maximum atomic E-state index is 11.2. The lowest BCUT2D eigenvalue weighted by Gasteiger charge is -2.28. The van der Waals surface area contributed by atoms with E-state index < -0.39 is 4.93 Å². The predicted octanol–water partition coefficient (Wildman–Crippen LogP) is 4.85. The van der Waals surface area contributed by atoms with Gasteiger partial charge in [0.05, 0.1) is 0 Å². The first-order chi connectivity index (χ1) is 10.2. The zero-order valence-electron chi connectivity index (χ0n) is 12.1. The molecule has 0 saturated carbocycles. The zero-order valence-corrected chi connectivity index (χ0v) is 13.7. The normalized spacial score (nSPS) is 13.9. The first-order valence-electron chi connectivity index (χ1n) is 7.19. The van der Waals surface area contributed by atoms with Gasteiger partial charge in [0.1, 0.15) is 0 Å². The molecule has 0 aliphatic rings. The molecule has 1 atom stereocenters. The predicted molar refractivity (Wildman–Crippen MR) is 90.7 cm³/mol. The van der Waals surface area contributed by atoms with Crippen molar-refractivity contribution >= 4 is 23.4 Å². The van der Waals surface area contributed by atoms with Crippen molar-refractivity contribution in [2.75, 3.05) is 5.75 Å². The number of thioether (sulfide) groups is 1. The monoisotopic (exact) mass is 321 g/mol. The van der Waals surface area contributed by atoms with E-state index in [1.807, 2.05) is 36.4 Å². The molecular formula is C17H20ClNOS. The number of pyridine rings is 1. The largest absolute Gasteiger partial charge is 0.371 e. The van der Waals surface area contributed by atoms with Crippen LogP contribution in [0.5, 0.6) is 0 Å². The fourth-order valence-corrected chi connectivity index (χ4v) is 3.50. The van der Waals surface area contributed by atoms with E-state index in [0.29, 0.717) is 5.02 Å². The molecule has 1 unspecified atom stereocenters. The minimum atomic E-state index is -1.08. The van der Waals surface area contributed by atoms with Gasteiger partial charge in [-0.1, -0.05) is 49.6 Å². The summed E-state index contributed by atoms with van der Waals surface area (Å²) in [5.41, 5.74) is 1.63. The Bertz CT molecular complexity index is 546. The molecule has 0 aliphatic carbocycles. The van der Waals surface area contributed by atoms with Crippen molar-refractivity contribution < 1.29 is 5.11 Å². The number of hydrogen-bond donors (Lipinski definition) is 1. The molecule has 0 amide bonds. The van der Waals surface area contributed by atoms with E-state index in [2.05, 4.69) is 11.9 Å². The Morgan fingerprint density at radius 3 is 2.52 bits per heavy atom. The van der Waals surface area contributed by atoms with Crippen molar-refractivity contribution in [1.82, 2.24) is 4.98 Å². The van der Waals surface area contributed by atoms with E-state index in [0.717, 1.165) is 23.3 Å². The van der Waals surface area contributed by atoms with Crippen LogP contribution in [0.15, 0.2) is 48.8 Å². The first kappa shape index (κ1) is 16.3. The molecule has 2 rings (SSSR count). The van der Waals surface area contributed by atoms with Crippen molar-refractivity contribution in [1.29, 1.82) is 0 Å². The summed E-state index contributed by atoms with van der Waals surface area (Å²) in [6.45, 7) is 2.18. The van der Waals surface area contributed by atoms with Gasteiger partial charge in [-0.3, -0.25) is 4.98 Å². The number of halogens is 1. The van der Waals surface area contributed by atoms with Crippen molar-refractivity contribution in [2.45, 2.75) is 31.1 Å². The fourth-order valence-electron chi connectivity index (χ4n) is 2.14. The van der Waals surface area contributed by atoms with Gasteiger partial charge in [0.15, 0.2) is 4.93 Å². The van der Waals surface area contributed by atoms with Crippen molar-refractivity contribution in [3.8, 4) is 0 Å². The highest BCUT2D eigenvalue weighted by Crippen LogP contribution is 2.40. The van der Waals surface area contributed by atoms with E-state index in [-0.39, 0.29) is 0 Å². The van der Waals surface area contributed by atoms with Crippen LogP contribution >= 0.6 is 23.4 Å². The molecule has 0 bridgehead atoms. The highest BCUT2D eigenvalue weighted by Gasteiger charge is 2.32. The first-order valence-corrected chi connectivity index (χ1v) is 8.56. The van der Waals surface area contributed by atoms with Crippen molar-refractivity contribution in [3.63, 3.8) is 0 Å². The summed E-state index contributed by atoms with van der Waals surface area (Å²) < 4.78 is 0. The minimum absolute atomic E-state index is 0.670. The van der Waals surface area contributed by atoms with Gasteiger partial charge >= 0.3 is 0 Å². The molecule has 1 heterocycles. The average molecular weight is 322 g/mol. The Balaban J connectivity index is 2.27. The third kappa shape index (κ3) is 4.22. The van der Waals surface area contributed by atoms with E-state index >= 15 is 0 Å². The molecule has 0 spiro atoms. The zero-order chi connectivity index (χ0) is 15.1. The SMILES string of the molecule is CCCCCSC(O)(c1ccc(Cl)cc1)c1cccnc1. The summed E-state index contributed by atoms with van der Waals surface area (Å²) in [5, 5.41) is 11.9. The van der Waals surface area contributed by atoms with Crippen LogP contribution in [0.1, 0.15) is 37.3 Å². The lowest BCUT2D eigenvalue weighted by Crippen LogP contribution is -2.23. The molecule has 2 nitrogen and oxygen atoms in total. The Morgan fingerprint density at radius 1 is 1.14 bits per heavy atom. The van der Waals surface area contributed by atoms with Gasteiger partial charge in [-0.25, -0.2) is 0 Å². The second-order valence-corrected chi connectivity index (χ2v) is 6.67. The number of rotatable bonds is 7. The van der Waals surface area contributed by atoms with E-state index in [4.69, 9.17) is 11.6 Å².